The molecule has 1 amide bonds. The van der Waals surface area contributed by atoms with Crippen molar-refractivity contribution in [1.29, 1.82) is 0 Å². The number of carbonyl (C=O) groups is 1. The number of hydrogen-bond acceptors (Lipinski definition) is 3. The molecule has 6 heteroatoms. The van der Waals surface area contributed by atoms with Crippen LogP contribution < -0.4 is 4.90 Å². The van der Waals surface area contributed by atoms with Gasteiger partial charge in [-0.1, -0.05) is 6.92 Å². The van der Waals surface area contributed by atoms with Crippen molar-refractivity contribution in [3.8, 4) is 0 Å². The van der Waals surface area contributed by atoms with E-state index >= 15 is 0 Å². The normalized spacial score (nSPS) is 11.2. The number of amides is 1. The van der Waals surface area contributed by atoms with Gasteiger partial charge < -0.3 is 4.90 Å². The van der Waals surface area contributed by atoms with Gasteiger partial charge in [-0.15, -0.1) is 0 Å². The largest absolute Gasteiger partial charge is 0.316 e. The Hall–Kier alpha value is -1.40. The number of nitrogens with zero attached hydrogens (tertiary/aromatic N) is 1. The summed E-state index contributed by atoms with van der Waals surface area (Å²) in [5.74, 6) is -0.0698. The molecule has 0 atom stereocenters. The van der Waals surface area contributed by atoms with Gasteiger partial charge in [-0.05, 0) is 24.3 Å². The molecular formula is C10H13NO4S. The lowest BCUT2D eigenvalue weighted by molar-refractivity contribution is -0.118. The summed E-state index contributed by atoms with van der Waals surface area (Å²) in [5.41, 5.74) is 0.583. The molecule has 0 fully saturated rings. The lowest BCUT2D eigenvalue weighted by Gasteiger charge is -2.16. The van der Waals surface area contributed by atoms with Gasteiger partial charge in [0.2, 0.25) is 5.91 Å². The van der Waals surface area contributed by atoms with E-state index in [0.717, 1.165) is 0 Å². The van der Waals surface area contributed by atoms with Crippen molar-refractivity contribution in [3.05, 3.63) is 24.3 Å². The van der Waals surface area contributed by atoms with Gasteiger partial charge in [-0.3, -0.25) is 9.35 Å². The van der Waals surface area contributed by atoms with Crippen LogP contribution in [-0.2, 0) is 14.9 Å². The molecule has 0 unspecified atom stereocenters. The number of rotatable bonds is 3. The fourth-order valence-electron chi connectivity index (χ4n) is 1.22. The highest BCUT2D eigenvalue weighted by atomic mass is 32.2. The minimum atomic E-state index is -4.17. The predicted molar refractivity (Wildman–Crippen MR) is 60.0 cm³/mol. The third kappa shape index (κ3) is 2.80. The molecule has 1 rings (SSSR count). The van der Waals surface area contributed by atoms with E-state index in [1.165, 1.54) is 29.2 Å². The zero-order valence-electron chi connectivity index (χ0n) is 9.04. The maximum Gasteiger partial charge on any atom is 0.294 e. The topological polar surface area (TPSA) is 74.7 Å². The Morgan fingerprint density at radius 1 is 1.31 bits per heavy atom. The lowest BCUT2D eigenvalue weighted by atomic mass is 10.3. The molecule has 1 N–H and O–H groups in total. The summed E-state index contributed by atoms with van der Waals surface area (Å²) < 4.78 is 30.3. The van der Waals surface area contributed by atoms with Crippen LogP contribution in [0, 0.1) is 0 Å². The number of hydrogen-bond donors (Lipinski definition) is 1. The molecular weight excluding hydrogens is 230 g/mol. The molecule has 0 radical (unpaired) electrons. The highest BCUT2D eigenvalue weighted by molar-refractivity contribution is 7.85. The number of anilines is 1. The summed E-state index contributed by atoms with van der Waals surface area (Å²) >= 11 is 0. The van der Waals surface area contributed by atoms with Gasteiger partial charge in [0.1, 0.15) is 0 Å². The molecule has 0 aromatic heterocycles. The molecule has 5 nitrogen and oxygen atoms in total. The van der Waals surface area contributed by atoms with Crippen LogP contribution in [0.3, 0.4) is 0 Å². The number of carbonyl (C=O) groups excluding carboxylic acids is 1. The van der Waals surface area contributed by atoms with Gasteiger partial charge in [0, 0.05) is 19.2 Å². The first-order valence-electron chi connectivity index (χ1n) is 4.70. The maximum atomic E-state index is 11.4. The van der Waals surface area contributed by atoms with Crippen LogP contribution in [0.4, 0.5) is 5.69 Å². The SMILES string of the molecule is CCC(=O)N(C)c1ccc(S(=O)(=O)O)cc1. The van der Waals surface area contributed by atoms with Crippen molar-refractivity contribution in [2.75, 3.05) is 11.9 Å². The molecule has 0 spiro atoms. The van der Waals surface area contributed by atoms with Crippen molar-refractivity contribution in [3.63, 3.8) is 0 Å². The molecule has 16 heavy (non-hydrogen) atoms. The monoisotopic (exact) mass is 243 g/mol. The second-order valence-electron chi connectivity index (χ2n) is 3.28. The van der Waals surface area contributed by atoms with Crippen LogP contribution in [0.5, 0.6) is 0 Å². The maximum absolute atomic E-state index is 11.4. The Balaban J connectivity index is 3.00. The van der Waals surface area contributed by atoms with E-state index in [-0.39, 0.29) is 10.8 Å². The summed E-state index contributed by atoms with van der Waals surface area (Å²) in [6, 6.07) is 5.45. The van der Waals surface area contributed by atoms with Crippen molar-refractivity contribution < 1.29 is 17.8 Å². The van der Waals surface area contributed by atoms with Gasteiger partial charge in [-0.2, -0.15) is 8.42 Å². The average Bonchev–Trinajstić information content (AvgIpc) is 2.26. The quantitative estimate of drug-likeness (QED) is 0.812. The fraction of sp³-hybridized carbons (Fsp3) is 0.300. The van der Waals surface area contributed by atoms with Crippen molar-refractivity contribution in [2.24, 2.45) is 0 Å². The lowest BCUT2D eigenvalue weighted by Crippen LogP contribution is -2.24. The Labute approximate surface area is 94.4 Å². The first-order valence-corrected chi connectivity index (χ1v) is 6.14. The minimum absolute atomic E-state index is 0.0698. The Bertz CT molecular complexity index is 478. The molecule has 1 aromatic rings. The molecule has 1 aromatic carbocycles. The highest BCUT2D eigenvalue weighted by Crippen LogP contribution is 2.17. The third-order valence-corrected chi connectivity index (χ3v) is 3.07. The standard InChI is InChI=1S/C10H13NO4S/c1-3-10(12)11(2)8-4-6-9(7-5-8)16(13,14)15/h4-7H,3H2,1-2H3,(H,13,14,15). The Kier molecular flexibility index (Phi) is 3.66. The van der Waals surface area contributed by atoms with E-state index < -0.39 is 10.1 Å². The molecule has 0 aliphatic rings. The molecule has 0 aliphatic carbocycles. The zero-order chi connectivity index (χ0) is 12.3. The average molecular weight is 243 g/mol. The summed E-state index contributed by atoms with van der Waals surface area (Å²) in [6.45, 7) is 1.74. The third-order valence-electron chi connectivity index (χ3n) is 2.20. The van der Waals surface area contributed by atoms with Crippen LogP contribution >= 0.6 is 0 Å². The van der Waals surface area contributed by atoms with E-state index in [4.69, 9.17) is 4.55 Å². The van der Waals surface area contributed by atoms with Crippen molar-refractivity contribution in [1.82, 2.24) is 0 Å². The van der Waals surface area contributed by atoms with Crippen molar-refractivity contribution >= 4 is 21.7 Å². The summed E-state index contributed by atoms with van der Waals surface area (Å²) in [4.78, 5) is 12.6. The van der Waals surface area contributed by atoms with Gasteiger partial charge in [0.25, 0.3) is 10.1 Å². The van der Waals surface area contributed by atoms with Crippen LogP contribution in [0.15, 0.2) is 29.2 Å². The highest BCUT2D eigenvalue weighted by Gasteiger charge is 2.11. The van der Waals surface area contributed by atoms with E-state index in [1.54, 1.807) is 14.0 Å². The zero-order valence-corrected chi connectivity index (χ0v) is 9.86. The Morgan fingerprint density at radius 3 is 2.19 bits per heavy atom. The van der Waals surface area contributed by atoms with E-state index in [9.17, 15) is 13.2 Å². The molecule has 0 saturated heterocycles. The molecule has 0 aliphatic heterocycles. The van der Waals surface area contributed by atoms with Crippen molar-refractivity contribution in [2.45, 2.75) is 18.2 Å². The van der Waals surface area contributed by atoms with Gasteiger partial charge in [0.05, 0.1) is 4.90 Å². The van der Waals surface area contributed by atoms with E-state index in [2.05, 4.69) is 0 Å². The first kappa shape index (κ1) is 12.7. The van der Waals surface area contributed by atoms with Gasteiger partial charge in [0.15, 0.2) is 0 Å². The van der Waals surface area contributed by atoms with Crippen LogP contribution in [0.1, 0.15) is 13.3 Å². The molecule has 0 heterocycles. The minimum Gasteiger partial charge on any atom is -0.316 e. The van der Waals surface area contributed by atoms with Gasteiger partial charge in [-0.25, -0.2) is 0 Å². The second kappa shape index (κ2) is 4.63. The number of benzene rings is 1. The van der Waals surface area contributed by atoms with E-state index in [0.29, 0.717) is 12.1 Å². The fourth-order valence-corrected chi connectivity index (χ4v) is 1.70. The molecule has 88 valence electrons. The molecule has 0 bridgehead atoms. The predicted octanol–water partition coefficient (Wildman–Crippen LogP) is 1.31. The van der Waals surface area contributed by atoms with Crippen LogP contribution in [0.25, 0.3) is 0 Å². The van der Waals surface area contributed by atoms with Crippen LogP contribution in [-0.4, -0.2) is 25.9 Å². The van der Waals surface area contributed by atoms with Crippen LogP contribution in [0.2, 0.25) is 0 Å². The summed E-state index contributed by atoms with van der Waals surface area (Å²) in [6.07, 6.45) is 0.372. The smallest absolute Gasteiger partial charge is 0.294 e. The second-order valence-corrected chi connectivity index (χ2v) is 4.70. The summed E-state index contributed by atoms with van der Waals surface area (Å²) in [5, 5.41) is 0. The van der Waals surface area contributed by atoms with Gasteiger partial charge >= 0.3 is 0 Å². The summed E-state index contributed by atoms with van der Waals surface area (Å²) in [7, 11) is -2.57. The van der Waals surface area contributed by atoms with E-state index in [1.807, 2.05) is 0 Å². The molecule has 0 saturated carbocycles. The first-order chi connectivity index (χ1) is 7.36. The Morgan fingerprint density at radius 2 is 1.81 bits per heavy atom.